The van der Waals surface area contributed by atoms with Gasteiger partial charge in [-0.25, -0.2) is 4.68 Å². The molecule has 156 valence electrons. The van der Waals surface area contributed by atoms with E-state index in [2.05, 4.69) is 25.2 Å². The van der Waals surface area contributed by atoms with Crippen LogP contribution in [0.3, 0.4) is 0 Å². The van der Waals surface area contributed by atoms with Crippen LogP contribution >= 0.6 is 11.8 Å². The molecule has 1 amide bonds. The summed E-state index contributed by atoms with van der Waals surface area (Å²) in [4.78, 5) is 12.6. The van der Waals surface area contributed by atoms with Crippen LogP contribution < -0.4 is 5.32 Å². The van der Waals surface area contributed by atoms with Crippen LogP contribution in [-0.2, 0) is 4.79 Å². The molecule has 0 atom stereocenters. The predicted molar refractivity (Wildman–Crippen MR) is 117 cm³/mol. The fourth-order valence-electron chi connectivity index (χ4n) is 3.76. The van der Waals surface area contributed by atoms with Gasteiger partial charge in [-0.05, 0) is 51.7 Å². The van der Waals surface area contributed by atoms with Gasteiger partial charge in [-0.2, -0.15) is 5.10 Å². The van der Waals surface area contributed by atoms with Gasteiger partial charge in [0.2, 0.25) is 5.91 Å². The molecule has 2 saturated carbocycles. The highest BCUT2D eigenvalue weighted by atomic mass is 32.2. The van der Waals surface area contributed by atoms with Crippen molar-refractivity contribution in [3.05, 3.63) is 47.5 Å². The predicted octanol–water partition coefficient (Wildman–Crippen LogP) is 4.41. The first-order valence-electron chi connectivity index (χ1n) is 10.6. The van der Waals surface area contributed by atoms with Gasteiger partial charge in [-0.3, -0.25) is 4.79 Å². The highest BCUT2D eigenvalue weighted by Gasteiger charge is 2.36. The van der Waals surface area contributed by atoms with Crippen molar-refractivity contribution >= 4 is 23.4 Å². The molecule has 3 aromatic rings. The Morgan fingerprint density at radius 1 is 1.13 bits per heavy atom. The number of aromatic nitrogens is 5. The first-order chi connectivity index (χ1) is 14.6. The minimum atomic E-state index is 0.00113. The Kier molecular flexibility index (Phi) is 5.10. The lowest BCUT2D eigenvalue weighted by Crippen LogP contribution is -2.14. The zero-order chi connectivity index (χ0) is 20.7. The fraction of sp³-hybridized carbons (Fsp3) is 0.455. The fourth-order valence-corrected chi connectivity index (χ4v) is 4.71. The number of thioether (sulfide) groups is 1. The van der Waals surface area contributed by atoms with E-state index in [4.69, 9.17) is 0 Å². The van der Waals surface area contributed by atoms with Gasteiger partial charge < -0.3 is 9.88 Å². The van der Waals surface area contributed by atoms with E-state index in [1.165, 1.54) is 25.7 Å². The number of aryl methyl sites for hydroxylation is 1. The molecule has 0 spiro atoms. The topological polar surface area (TPSA) is 77.6 Å². The smallest absolute Gasteiger partial charge is 0.225 e. The Morgan fingerprint density at radius 2 is 1.90 bits per heavy atom. The van der Waals surface area contributed by atoms with E-state index in [0.717, 1.165) is 33.7 Å². The molecule has 2 fully saturated rings. The summed E-state index contributed by atoms with van der Waals surface area (Å²) < 4.78 is 4.20. The minimum Gasteiger partial charge on any atom is -0.323 e. The Morgan fingerprint density at radius 3 is 2.60 bits per heavy atom. The van der Waals surface area contributed by atoms with E-state index in [0.29, 0.717) is 24.1 Å². The highest BCUT2D eigenvalue weighted by Crippen LogP contribution is 2.46. The van der Waals surface area contributed by atoms with E-state index in [1.54, 1.807) is 11.8 Å². The monoisotopic (exact) mass is 422 g/mol. The quantitative estimate of drug-likeness (QED) is 0.544. The molecule has 0 radical (unpaired) electrons. The number of hydrogen-bond donors (Lipinski definition) is 1. The lowest BCUT2D eigenvalue weighted by atomic mass is 10.3. The summed E-state index contributed by atoms with van der Waals surface area (Å²) in [6, 6.07) is 10.5. The van der Waals surface area contributed by atoms with Crippen molar-refractivity contribution in [1.82, 2.24) is 24.5 Å². The number of nitrogens with zero attached hydrogens (tertiary/aromatic N) is 5. The van der Waals surface area contributed by atoms with Gasteiger partial charge in [0, 0.05) is 24.1 Å². The summed E-state index contributed by atoms with van der Waals surface area (Å²) in [7, 11) is 0. The van der Waals surface area contributed by atoms with E-state index >= 15 is 0 Å². The van der Waals surface area contributed by atoms with E-state index < -0.39 is 0 Å². The van der Waals surface area contributed by atoms with Crippen LogP contribution in [0.4, 0.5) is 5.69 Å². The minimum absolute atomic E-state index is 0.00113. The molecule has 0 unspecified atom stereocenters. The second-order valence-corrected chi connectivity index (χ2v) is 9.22. The standard InChI is InChI=1S/C22H26N6OS/c1-14-20(15(2)28(26-14)18-6-4-3-5-7-18)23-19(29)12-13-30-22-25-24-21(16-8-9-16)27(22)17-10-11-17/h3-7,16-17H,8-13H2,1-2H3,(H,23,29). The van der Waals surface area contributed by atoms with Crippen LogP contribution in [0, 0.1) is 13.8 Å². The van der Waals surface area contributed by atoms with Crippen molar-refractivity contribution in [2.75, 3.05) is 11.1 Å². The number of hydrogen-bond acceptors (Lipinski definition) is 5. The van der Waals surface area contributed by atoms with Gasteiger partial charge in [-0.1, -0.05) is 30.0 Å². The van der Waals surface area contributed by atoms with Crippen LogP contribution in [0.1, 0.15) is 61.3 Å². The first-order valence-corrected chi connectivity index (χ1v) is 11.6. The Bertz CT molecular complexity index is 1060. The zero-order valence-electron chi connectivity index (χ0n) is 17.3. The van der Waals surface area contributed by atoms with Crippen LogP contribution in [0.25, 0.3) is 5.69 Å². The van der Waals surface area contributed by atoms with Gasteiger partial charge in [0.25, 0.3) is 0 Å². The van der Waals surface area contributed by atoms with Crippen LogP contribution in [0.15, 0.2) is 35.5 Å². The SMILES string of the molecule is Cc1nn(-c2ccccc2)c(C)c1NC(=O)CCSc1nnc(C2CC2)n1C1CC1. The van der Waals surface area contributed by atoms with E-state index in [9.17, 15) is 4.79 Å². The highest BCUT2D eigenvalue weighted by molar-refractivity contribution is 7.99. The van der Waals surface area contributed by atoms with Crippen molar-refractivity contribution in [3.8, 4) is 5.69 Å². The van der Waals surface area contributed by atoms with Crippen molar-refractivity contribution in [2.45, 2.75) is 63.1 Å². The maximum Gasteiger partial charge on any atom is 0.225 e. The molecule has 2 aliphatic rings. The number of carbonyl (C=O) groups is 1. The number of nitrogens with one attached hydrogen (secondary N) is 1. The number of benzene rings is 1. The lowest BCUT2D eigenvalue weighted by molar-refractivity contribution is -0.115. The molecule has 30 heavy (non-hydrogen) atoms. The van der Waals surface area contributed by atoms with Crippen molar-refractivity contribution in [1.29, 1.82) is 0 Å². The summed E-state index contributed by atoms with van der Waals surface area (Å²) >= 11 is 1.64. The summed E-state index contributed by atoms with van der Waals surface area (Å²) in [5.41, 5.74) is 3.54. The second kappa shape index (κ2) is 7.91. The van der Waals surface area contributed by atoms with Crippen molar-refractivity contribution < 1.29 is 4.79 Å². The maximum atomic E-state index is 12.6. The normalized spacial score (nSPS) is 16.1. The van der Waals surface area contributed by atoms with Gasteiger partial charge in [0.1, 0.15) is 5.82 Å². The van der Waals surface area contributed by atoms with E-state index in [-0.39, 0.29) is 5.91 Å². The number of carbonyl (C=O) groups excluding carboxylic acids is 1. The second-order valence-electron chi connectivity index (χ2n) is 8.16. The molecule has 5 rings (SSSR count). The zero-order valence-corrected chi connectivity index (χ0v) is 18.2. The summed E-state index contributed by atoms with van der Waals surface area (Å²) in [5, 5.41) is 17.5. The third-order valence-corrected chi connectivity index (χ3v) is 6.61. The molecule has 1 N–H and O–H groups in total. The molecule has 0 aliphatic heterocycles. The van der Waals surface area contributed by atoms with Crippen LogP contribution in [0.5, 0.6) is 0 Å². The number of para-hydroxylation sites is 1. The molecule has 2 heterocycles. The molecule has 0 saturated heterocycles. The van der Waals surface area contributed by atoms with Crippen molar-refractivity contribution in [3.63, 3.8) is 0 Å². The average Bonchev–Trinajstić information content (AvgIpc) is 3.68. The Labute approximate surface area is 180 Å². The number of rotatable bonds is 8. The largest absolute Gasteiger partial charge is 0.323 e. The molecule has 0 bridgehead atoms. The number of amides is 1. The molecule has 8 heteroatoms. The number of anilines is 1. The third-order valence-electron chi connectivity index (χ3n) is 5.66. The molecule has 2 aliphatic carbocycles. The van der Waals surface area contributed by atoms with Gasteiger partial charge >= 0.3 is 0 Å². The lowest BCUT2D eigenvalue weighted by Gasteiger charge is -2.09. The molecule has 7 nitrogen and oxygen atoms in total. The average molecular weight is 423 g/mol. The maximum absolute atomic E-state index is 12.6. The van der Waals surface area contributed by atoms with Crippen LogP contribution in [0.2, 0.25) is 0 Å². The summed E-state index contributed by atoms with van der Waals surface area (Å²) in [5.74, 6) is 2.44. The molecular formula is C22H26N6OS. The van der Waals surface area contributed by atoms with Gasteiger partial charge in [-0.15, -0.1) is 10.2 Å². The molecular weight excluding hydrogens is 396 g/mol. The van der Waals surface area contributed by atoms with Crippen molar-refractivity contribution in [2.24, 2.45) is 0 Å². The Balaban J connectivity index is 1.21. The van der Waals surface area contributed by atoms with E-state index in [1.807, 2.05) is 48.9 Å². The third kappa shape index (κ3) is 3.88. The molecule has 2 aromatic heterocycles. The summed E-state index contributed by atoms with van der Waals surface area (Å²) in [6.45, 7) is 3.91. The summed E-state index contributed by atoms with van der Waals surface area (Å²) in [6.07, 6.45) is 5.32. The molecule has 1 aromatic carbocycles. The Hall–Kier alpha value is -2.61. The van der Waals surface area contributed by atoms with Crippen LogP contribution in [-0.4, -0.2) is 36.2 Å². The van der Waals surface area contributed by atoms with Gasteiger partial charge in [0.05, 0.1) is 22.8 Å². The first kappa shape index (κ1) is 19.4. The van der Waals surface area contributed by atoms with Gasteiger partial charge in [0.15, 0.2) is 5.16 Å².